The summed E-state index contributed by atoms with van der Waals surface area (Å²) in [4.78, 5) is 0. The first-order valence-electron chi connectivity index (χ1n) is 5.09. The quantitative estimate of drug-likeness (QED) is 0.781. The lowest BCUT2D eigenvalue weighted by Gasteiger charge is -2.13. The van der Waals surface area contributed by atoms with Crippen LogP contribution >= 0.6 is 0 Å². The monoisotopic (exact) mass is 197 g/mol. The van der Waals surface area contributed by atoms with E-state index in [0.717, 1.165) is 30.8 Å². The molecule has 1 rings (SSSR count). The fourth-order valence-corrected chi connectivity index (χ4v) is 1.61. The summed E-state index contributed by atoms with van der Waals surface area (Å²) in [6.07, 6.45) is 3.76. The highest BCUT2D eigenvalue weighted by atomic mass is 16.5. The average molecular weight is 197 g/mol. The molecule has 2 N–H and O–H groups in total. The molecule has 0 amide bonds. The van der Waals surface area contributed by atoms with Gasteiger partial charge in [-0.3, -0.25) is 4.68 Å². The number of methoxy groups -OCH3 is 1. The molecule has 0 radical (unpaired) electrons. The van der Waals surface area contributed by atoms with Crippen molar-refractivity contribution in [3.8, 4) is 5.75 Å². The van der Waals surface area contributed by atoms with Crippen molar-refractivity contribution in [2.45, 2.75) is 39.3 Å². The fraction of sp³-hybridized carbons (Fsp3) is 0.700. The molecule has 1 aromatic heterocycles. The second-order valence-electron chi connectivity index (χ2n) is 3.31. The van der Waals surface area contributed by atoms with Crippen LogP contribution in [0.25, 0.3) is 0 Å². The van der Waals surface area contributed by atoms with Gasteiger partial charge in [-0.25, -0.2) is 0 Å². The number of ether oxygens (including phenoxy) is 1. The summed E-state index contributed by atoms with van der Waals surface area (Å²) in [6, 6.07) is 0.0254. The van der Waals surface area contributed by atoms with Crippen LogP contribution < -0.4 is 10.5 Å². The zero-order chi connectivity index (χ0) is 10.6. The van der Waals surface area contributed by atoms with Crippen molar-refractivity contribution in [2.75, 3.05) is 7.11 Å². The van der Waals surface area contributed by atoms with Gasteiger partial charge < -0.3 is 10.5 Å². The predicted molar refractivity (Wildman–Crippen MR) is 56.3 cm³/mol. The Hall–Kier alpha value is -1.03. The second kappa shape index (κ2) is 5.00. The maximum absolute atomic E-state index is 6.06. The third-order valence-electron chi connectivity index (χ3n) is 2.32. The topological polar surface area (TPSA) is 53.1 Å². The Morgan fingerprint density at radius 3 is 2.79 bits per heavy atom. The third kappa shape index (κ3) is 2.07. The standard InChI is InChI=1S/C10H19N3O/c1-4-6-8(11)10-9(14-3)7-12-13(10)5-2/h7-8H,4-6,11H2,1-3H3. The Bertz CT molecular complexity index is 261. The molecule has 0 saturated carbocycles. The molecule has 14 heavy (non-hydrogen) atoms. The van der Waals surface area contributed by atoms with Crippen LogP contribution in [-0.2, 0) is 6.54 Å². The summed E-state index contributed by atoms with van der Waals surface area (Å²) >= 11 is 0. The molecule has 1 unspecified atom stereocenters. The molecule has 0 fully saturated rings. The van der Waals surface area contributed by atoms with Crippen LogP contribution in [0.2, 0.25) is 0 Å². The normalized spacial score (nSPS) is 12.9. The number of nitrogens with zero attached hydrogens (tertiary/aromatic N) is 2. The van der Waals surface area contributed by atoms with E-state index in [2.05, 4.69) is 18.9 Å². The Labute approximate surface area is 85.0 Å². The minimum absolute atomic E-state index is 0.0254. The van der Waals surface area contributed by atoms with Crippen molar-refractivity contribution < 1.29 is 4.74 Å². The van der Waals surface area contributed by atoms with Crippen molar-refractivity contribution in [1.29, 1.82) is 0 Å². The molecular weight excluding hydrogens is 178 g/mol. The smallest absolute Gasteiger partial charge is 0.161 e. The molecule has 0 aliphatic rings. The van der Waals surface area contributed by atoms with Crippen LogP contribution in [0.5, 0.6) is 5.75 Å². The molecule has 80 valence electrons. The van der Waals surface area contributed by atoms with Gasteiger partial charge in [0.25, 0.3) is 0 Å². The number of hydrogen-bond donors (Lipinski definition) is 1. The van der Waals surface area contributed by atoms with Crippen molar-refractivity contribution in [1.82, 2.24) is 9.78 Å². The molecule has 1 atom stereocenters. The molecule has 1 aromatic rings. The first-order valence-corrected chi connectivity index (χ1v) is 5.09. The Morgan fingerprint density at radius 2 is 2.29 bits per heavy atom. The van der Waals surface area contributed by atoms with E-state index in [0.29, 0.717) is 0 Å². The second-order valence-corrected chi connectivity index (χ2v) is 3.31. The lowest BCUT2D eigenvalue weighted by Crippen LogP contribution is -2.16. The van der Waals surface area contributed by atoms with Gasteiger partial charge in [-0.1, -0.05) is 13.3 Å². The summed E-state index contributed by atoms with van der Waals surface area (Å²) in [6.45, 7) is 5.00. The number of aromatic nitrogens is 2. The van der Waals surface area contributed by atoms with Gasteiger partial charge in [-0.15, -0.1) is 0 Å². The predicted octanol–water partition coefficient (Wildman–Crippen LogP) is 1.71. The van der Waals surface area contributed by atoms with Gasteiger partial charge >= 0.3 is 0 Å². The average Bonchev–Trinajstić information content (AvgIpc) is 2.60. The molecule has 0 aliphatic carbocycles. The van der Waals surface area contributed by atoms with E-state index in [4.69, 9.17) is 10.5 Å². The van der Waals surface area contributed by atoms with E-state index in [1.165, 1.54) is 0 Å². The third-order valence-corrected chi connectivity index (χ3v) is 2.32. The van der Waals surface area contributed by atoms with Crippen LogP contribution in [0, 0.1) is 0 Å². The van der Waals surface area contributed by atoms with Crippen molar-refractivity contribution in [3.63, 3.8) is 0 Å². The Balaban J connectivity index is 2.95. The fourth-order valence-electron chi connectivity index (χ4n) is 1.61. The molecular formula is C10H19N3O. The van der Waals surface area contributed by atoms with Gasteiger partial charge in [-0.05, 0) is 13.3 Å². The summed E-state index contributed by atoms with van der Waals surface area (Å²) in [7, 11) is 1.65. The van der Waals surface area contributed by atoms with Crippen molar-refractivity contribution in [3.05, 3.63) is 11.9 Å². The number of nitrogens with two attached hydrogens (primary N) is 1. The van der Waals surface area contributed by atoms with E-state index >= 15 is 0 Å². The molecule has 0 aromatic carbocycles. The lowest BCUT2D eigenvalue weighted by atomic mass is 10.1. The van der Waals surface area contributed by atoms with Gasteiger partial charge in [0, 0.05) is 6.54 Å². The van der Waals surface area contributed by atoms with E-state index < -0.39 is 0 Å². The highest BCUT2D eigenvalue weighted by Crippen LogP contribution is 2.25. The maximum Gasteiger partial charge on any atom is 0.161 e. The molecule has 0 saturated heterocycles. The highest BCUT2D eigenvalue weighted by molar-refractivity contribution is 5.27. The van der Waals surface area contributed by atoms with Crippen molar-refractivity contribution >= 4 is 0 Å². The van der Waals surface area contributed by atoms with Gasteiger partial charge in [0.2, 0.25) is 0 Å². The first-order chi connectivity index (χ1) is 6.74. The SMILES string of the molecule is CCCC(N)c1c(OC)cnn1CC. The van der Waals surface area contributed by atoms with Crippen molar-refractivity contribution in [2.24, 2.45) is 5.73 Å². The Morgan fingerprint density at radius 1 is 1.57 bits per heavy atom. The summed E-state index contributed by atoms with van der Waals surface area (Å²) in [5.41, 5.74) is 7.07. The van der Waals surface area contributed by atoms with E-state index in [1.807, 2.05) is 4.68 Å². The largest absolute Gasteiger partial charge is 0.493 e. The minimum Gasteiger partial charge on any atom is -0.493 e. The number of aryl methyl sites for hydroxylation is 1. The van der Waals surface area contributed by atoms with Gasteiger partial charge in [0.1, 0.15) is 0 Å². The van der Waals surface area contributed by atoms with Crippen LogP contribution in [-0.4, -0.2) is 16.9 Å². The van der Waals surface area contributed by atoms with Gasteiger partial charge in [-0.2, -0.15) is 5.10 Å². The zero-order valence-electron chi connectivity index (χ0n) is 9.16. The van der Waals surface area contributed by atoms with Crippen LogP contribution in [0.4, 0.5) is 0 Å². The number of hydrogen-bond acceptors (Lipinski definition) is 3. The molecule has 0 spiro atoms. The van der Waals surface area contributed by atoms with E-state index in [9.17, 15) is 0 Å². The molecule has 4 heteroatoms. The van der Waals surface area contributed by atoms with E-state index in [1.54, 1.807) is 13.3 Å². The maximum atomic E-state index is 6.06. The summed E-state index contributed by atoms with van der Waals surface area (Å²) < 4.78 is 7.13. The van der Waals surface area contributed by atoms with Crippen LogP contribution in [0.15, 0.2) is 6.20 Å². The van der Waals surface area contributed by atoms with Crippen LogP contribution in [0.3, 0.4) is 0 Å². The highest BCUT2D eigenvalue weighted by Gasteiger charge is 2.16. The lowest BCUT2D eigenvalue weighted by molar-refractivity contribution is 0.399. The molecule has 0 bridgehead atoms. The summed E-state index contributed by atoms with van der Waals surface area (Å²) in [5, 5.41) is 4.22. The molecule has 1 heterocycles. The van der Waals surface area contributed by atoms with Gasteiger partial charge in [0.15, 0.2) is 5.75 Å². The van der Waals surface area contributed by atoms with Gasteiger partial charge in [0.05, 0.1) is 25.0 Å². The first kappa shape index (κ1) is 11.0. The molecule has 4 nitrogen and oxygen atoms in total. The minimum atomic E-state index is 0.0254. The zero-order valence-corrected chi connectivity index (χ0v) is 9.16. The number of rotatable bonds is 5. The summed E-state index contributed by atoms with van der Waals surface area (Å²) in [5.74, 6) is 0.799. The van der Waals surface area contributed by atoms with Crippen LogP contribution in [0.1, 0.15) is 38.4 Å². The Kier molecular flexibility index (Phi) is 3.95. The molecule has 0 aliphatic heterocycles. The van der Waals surface area contributed by atoms with E-state index in [-0.39, 0.29) is 6.04 Å².